The van der Waals surface area contributed by atoms with Crippen LogP contribution in [-0.2, 0) is 0 Å². The number of nitrogens with one attached hydrogen (secondary N) is 2. The molecular weight excluding hydrogens is 585 g/mol. The number of nitrogens with zero attached hydrogens (tertiary/aromatic N) is 2. The lowest BCUT2D eigenvalue weighted by molar-refractivity contribution is 0.101. The van der Waals surface area contributed by atoms with Gasteiger partial charge in [0, 0.05) is 33.0 Å². The van der Waals surface area contributed by atoms with Crippen LogP contribution in [0.3, 0.4) is 0 Å². The Morgan fingerprint density at radius 3 is 1.30 bits per heavy atom. The number of rotatable bonds is 6. The Kier molecular flexibility index (Phi) is 9.74. The van der Waals surface area contributed by atoms with Gasteiger partial charge < -0.3 is 0 Å². The van der Waals surface area contributed by atoms with Gasteiger partial charge in [0.2, 0.25) is 0 Å². The zero-order chi connectivity index (χ0) is 31.1. The van der Waals surface area contributed by atoms with Crippen LogP contribution in [0.2, 0.25) is 0 Å². The minimum atomic E-state index is -0.137. The van der Waals surface area contributed by atoms with Gasteiger partial charge in [-0.25, -0.2) is 9.97 Å². The second-order valence-corrected chi connectivity index (χ2v) is 12.1. The zero-order valence-corrected chi connectivity index (χ0v) is 26.6. The highest BCUT2D eigenvalue weighted by atomic mass is 32.1. The number of aryl methyl sites for hydroxylation is 4. The Hall–Kier alpha value is -4.92. The van der Waals surface area contributed by atoms with E-state index in [1.807, 2.05) is 47.2 Å². The zero-order valence-electron chi connectivity index (χ0n) is 24.9. The number of amides is 2. The summed E-state index contributed by atoms with van der Waals surface area (Å²) in [5, 5.41) is 10.9. The van der Waals surface area contributed by atoms with Crippen LogP contribution in [0, 0.1) is 27.7 Å². The normalized spacial score (nSPS) is 10.5. The number of hydrogen-bond donors (Lipinski definition) is 2. The van der Waals surface area contributed by atoms with Crippen LogP contribution in [0.25, 0.3) is 22.5 Å². The number of carbonyl (C=O) groups is 2. The van der Waals surface area contributed by atoms with Gasteiger partial charge in [0.05, 0.1) is 11.4 Å². The van der Waals surface area contributed by atoms with Crippen LogP contribution in [0.5, 0.6) is 0 Å². The third kappa shape index (κ3) is 7.72. The van der Waals surface area contributed by atoms with Crippen molar-refractivity contribution in [2.45, 2.75) is 27.7 Å². The SMILES string of the molecule is Cc1ccc(-c2csc(NC(=O)c3ccccc3)n2)c(C)c1.Cc1ccc(-c2csc(NC(=O)c3ccccc3)n2)c(C)c1. The van der Waals surface area contributed by atoms with E-state index in [0.29, 0.717) is 21.4 Å². The fraction of sp³-hybridized carbons (Fsp3) is 0.111. The highest BCUT2D eigenvalue weighted by Crippen LogP contribution is 2.29. The molecule has 0 aliphatic carbocycles. The predicted molar refractivity (Wildman–Crippen MR) is 183 cm³/mol. The first-order chi connectivity index (χ1) is 21.3. The lowest BCUT2D eigenvalue weighted by atomic mass is 10.0. The van der Waals surface area contributed by atoms with E-state index in [1.54, 1.807) is 24.3 Å². The predicted octanol–water partition coefficient (Wildman–Crippen LogP) is 9.36. The topological polar surface area (TPSA) is 84.0 Å². The van der Waals surface area contributed by atoms with Crippen molar-refractivity contribution >= 4 is 44.8 Å². The molecule has 6 rings (SSSR count). The summed E-state index contributed by atoms with van der Waals surface area (Å²) in [6.07, 6.45) is 0. The van der Waals surface area contributed by atoms with Gasteiger partial charge in [-0.15, -0.1) is 22.7 Å². The van der Waals surface area contributed by atoms with E-state index in [-0.39, 0.29) is 11.8 Å². The fourth-order valence-corrected chi connectivity index (χ4v) is 6.04. The average molecular weight is 617 g/mol. The molecule has 2 amide bonds. The minimum absolute atomic E-state index is 0.137. The second-order valence-electron chi connectivity index (χ2n) is 10.4. The summed E-state index contributed by atoms with van der Waals surface area (Å²) in [4.78, 5) is 33.3. The Morgan fingerprint density at radius 1 is 0.545 bits per heavy atom. The highest BCUT2D eigenvalue weighted by molar-refractivity contribution is 7.14. The lowest BCUT2D eigenvalue weighted by Gasteiger charge is -2.04. The third-order valence-electron chi connectivity index (χ3n) is 6.84. The summed E-state index contributed by atoms with van der Waals surface area (Å²) < 4.78 is 0. The number of carbonyl (C=O) groups excluding carboxylic acids is 2. The molecule has 2 N–H and O–H groups in total. The number of benzene rings is 4. The summed E-state index contributed by atoms with van der Waals surface area (Å²) in [5.74, 6) is -0.274. The molecule has 0 spiro atoms. The first-order valence-electron chi connectivity index (χ1n) is 14.1. The Labute approximate surface area is 265 Å². The number of anilines is 2. The van der Waals surface area contributed by atoms with Crippen LogP contribution in [0.4, 0.5) is 10.3 Å². The second kappa shape index (κ2) is 14.0. The molecule has 44 heavy (non-hydrogen) atoms. The van der Waals surface area contributed by atoms with E-state index in [0.717, 1.165) is 22.5 Å². The van der Waals surface area contributed by atoms with Crippen LogP contribution < -0.4 is 10.6 Å². The maximum atomic E-state index is 12.1. The molecule has 220 valence electrons. The van der Waals surface area contributed by atoms with Gasteiger partial charge in [-0.05, 0) is 63.1 Å². The first kappa shape index (κ1) is 30.5. The molecule has 0 atom stereocenters. The van der Waals surface area contributed by atoms with E-state index in [4.69, 9.17) is 0 Å². The quantitative estimate of drug-likeness (QED) is 0.195. The van der Waals surface area contributed by atoms with Crippen molar-refractivity contribution in [3.05, 3.63) is 141 Å². The maximum Gasteiger partial charge on any atom is 0.257 e. The Balaban J connectivity index is 0.000000175. The molecule has 0 fully saturated rings. The van der Waals surface area contributed by atoms with E-state index < -0.39 is 0 Å². The van der Waals surface area contributed by atoms with Crippen molar-refractivity contribution in [2.75, 3.05) is 10.6 Å². The van der Waals surface area contributed by atoms with Crippen LogP contribution in [-0.4, -0.2) is 21.8 Å². The molecular formula is C36H32N4O2S2. The summed E-state index contributed by atoms with van der Waals surface area (Å²) >= 11 is 2.87. The monoisotopic (exact) mass is 616 g/mol. The summed E-state index contributed by atoms with van der Waals surface area (Å²) in [6, 6.07) is 30.9. The van der Waals surface area contributed by atoms with Crippen molar-refractivity contribution in [1.29, 1.82) is 0 Å². The maximum absolute atomic E-state index is 12.1. The van der Waals surface area contributed by atoms with Gasteiger partial charge in [0.25, 0.3) is 11.8 Å². The van der Waals surface area contributed by atoms with Crippen molar-refractivity contribution in [3.8, 4) is 22.5 Å². The number of hydrogen-bond acceptors (Lipinski definition) is 6. The molecule has 6 nitrogen and oxygen atoms in total. The average Bonchev–Trinajstić information content (AvgIpc) is 3.68. The van der Waals surface area contributed by atoms with E-state index >= 15 is 0 Å². The van der Waals surface area contributed by atoms with Crippen LogP contribution >= 0.6 is 22.7 Å². The molecule has 0 bridgehead atoms. The van der Waals surface area contributed by atoms with Crippen molar-refractivity contribution < 1.29 is 9.59 Å². The molecule has 8 heteroatoms. The molecule has 2 heterocycles. The van der Waals surface area contributed by atoms with Crippen molar-refractivity contribution in [3.63, 3.8) is 0 Å². The molecule has 2 aromatic heterocycles. The first-order valence-corrected chi connectivity index (χ1v) is 15.8. The lowest BCUT2D eigenvalue weighted by Crippen LogP contribution is -2.11. The highest BCUT2D eigenvalue weighted by Gasteiger charge is 2.12. The van der Waals surface area contributed by atoms with E-state index in [2.05, 4.69) is 84.7 Å². The summed E-state index contributed by atoms with van der Waals surface area (Å²) in [5.41, 5.74) is 10.1. The van der Waals surface area contributed by atoms with Crippen molar-refractivity contribution in [1.82, 2.24) is 9.97 Å². The van der Waals surface area contributed by atoms with Gasteiger partial charge in [-0.3, -0.25) is 20.2 Å². The number of aromatic nitrogens is 2. The fourth-order valence-electron chi connectivity index (χ4n) is 4.63. The third-order valence-corrected chi connectivity index (χ3v) is 8.35. The van der Waals surface area contributed by atoms with Crippen molar-refractivity contribution in [2.24, 2.45) is 0 Å². The van der Waals surface area contributed by atoms with Gasteiger partial charge in [0.1, 0.15) is 0 Å². The molecule has 6 aromatic rings. The smallest absolute Gasteiger partial charge is 0.257 e. The molecule has 0 radical (unpaired) electrons. The molecule has 0 unspecified atom stereocenters. The number of thiazole rings is 2. The van der Waals surface area contributed by atoms with Crippen LogP contribution in [0.1, 0.15) is 43.0 Å². The van der Waals surface area contributed by atoms with Gasteiger partial charge >= 0.3 is 0 Å². The van der Waals surface area contributed by atoms with E-state index in [1.165, 1.54) is 44.9 Å². The van der Waals surface area contributed by atoms with E-state index in [9.17, 15) is 9.59 Å². The minimum Gasteiger partial charge on any atom is -0.298 e. The summed E-state index contributed by atoms with van der Waals surface area (Å²) in [7, 11) is 0. The molecule has 0 saturated carbocycles. The van der Waals surface area contributed by atoms with Gasteiger partial charge in [-0.1, -0.05) is 83.9 Å². The standard InChI is InChI=1S/2C18H16N2OS/c2*1-12-8-9-15(13(2)10-12)16-11-22-18(19-16)20-17(21)14-6-4-3-5-7-14/h2*3-11H,1-2H3,(H,19,20,21). The molecule has 0 aliphatic rings. The van der Waals surface area contributed by atoms with Gasteiger partial charge in [0.15, 0.2) is 10.3 Å². The summed E-state index contributed by atoms with van der Waals surface area (Å²) in [6.45, 7) is 8.29. The molecule has 4 aromatic carbocycles. The largest absolute Gasteiger partial charge is 0.298 e. The van der Waals surface area contributed by atoms with Crippen LogP contribution in [0.15, 0.2) is 108 Å². The Morgan fingerprint density at radius 2 is 0.932 bits per heavy atom. The molecule has 0 aliphatic heterocycles. The van der Waals surface area contributed by atoms with Gasteiger partial charge in [-0.2, -0.15) is 0 Å². The Bertz CT molecular complexity index is 1760. The molecule has 0 saturated heterocycles.